The van der Waals surface area contributed by atoms with Crippen LogP contribution in [0.4, 0.5) is 0 Å². The average Bonchev–Trinajstić information content (AvgIpc) is 2.30. The lowest BCUT2D eigenvalue weighted by Crippen LogP contribution is -2.42. The number of guanidine groups is 1. The molecule has 0 aromatic carbocycles. The molecule has 0 fully saturated rings. The number of aliphatic imine (C=N–C) groups is 1. The van der Waals surface area contributed by atoms with Gasteiger partial charge in [-0.25, -0.2) is 0 Å². The number of carbonyl (C=O) groups is 2. The third-order valence-corrected chi connectivity index (χ3v) is 2.09. The van der Waals surface area contributed by atoms with E-state index in [2.05, 4.69) is 15.6 Å². The molecule has 0 aromatic heterocycles. The third-order valence-electron chi connectivity index (χ3n) is 2.09. The summed E-state index contributed by atoms with van der Waals surface area (Å²) in [6.45, 7) is 2.04. The van der Waals surface area contributed by atoms with Gasteiger partial charge in [0.25, 0.3) is 0 Å². The van der Waals surface area contributed by atoms with Gasteiger partial charge in [0, 0.05) is 13.6 Å². The summed E-state index contributed by atoms with van der Waals surface area (Å²) in [5, 5.41) is 5.32. The molecule has 6 N–H and O–H groups in total. The number of carbonyl (C=O) groups excluding carboxylic acids is 2. The zero-order chi connectivity index (χ0) is 13.3. The van der Waals surface area contributed by atoms with Gasteiger partial charge in [-0.2, -0.15) is 0 Å². The van der Waals surface area contributed by atoms with Crippen LogP contribution in [0.25, 0.3) is 0 Å². The number of hydrogen-bond acceptors (Lipinski definition) is 4. The van der Waals surface area contributed by atoms with Gasteiger partial charge in [0.2, 0.25) is 5.91 Å². The highest BCUT2D eigenvalue weighted by Gasteiger charge is 2.12. The molecule has 7 nitrogen and oxygen atoms in total. The maximum Gasteiger partial charge on any atom is 0.237 e. The summed E-state index contributed by atoms with van der Waals surface area (Å²) < 4.78 is 0. The van der Waals surface area contributed by atoms with Crippen molar-refractivity contribution in [3.63, 3.8) is 0 Å². The Balaban J connectivity index is 3.67. The van der Waals surface area contributed by atoms with Crippen molar-refractivity contribution in [3.8, 4) is 0 Å². The first-order chi connectivity index (χ1) is 7.97. The van der Waals surface area contributed by atoms with Gasteiger partial charge in [-0.05, 0) is 19.8 Å². The molecule has 0 aliphatic rings. The van der Waals surface area contributed by atoms with Crippen molar-refractivity contribution >= 4 is 17.6 Å². The van der Waals surface area contributed by atoms with Crippen LogP contribution in [0.15, 0.2) is 4.99 Å². The molecule has 98 valence electrons. The largest absolute Gasteiger partial charge is 0.370 e. The van der Waals surface area contributed by atoms with Crippen LogP contribution < -0.4 is 22.1 Å². The van der Waals surface area contributed by atoms with E-state index in [4.69, 9.17) is 11.5 Å². The molecule has 0 bridgehead atoms. The number of ketones is 1. The summed E-state index contributed by atoms with van der Waals surface area (Å²) in [6.07, 6.45) is 1.22. The van der Waals surface area contributed by atoms with Gasteiger partial charge in [0.05, 0.1) is 12.6 Å². The number of amides is 1. The van der Waals surface area contributed by atoms with E-state index in [0.717, 1.165) is 0 Å². The van der Waals surface area contributed by atoms with Crippen LogP contribution in [-0.4, -0.2) is 43.8 Å². The summed E-state index contributed by atoms with van der Waals surface area (Å²) in [5.74, 6) is -0.0453. The predicted molar refractivity (Wildman–Crippen MR) is 66.4 cm³/mol. The van der Waals surface area contributed by atoms with Crippen molar-refractivity contribution in [2.45, 2.75) is 25.8 Å². The van der Waals surface area contributed by atoms with E-state index in [1.54, 1.807) is 7.05 Å². The van der Waals surface area contributed by atoms with Gasteiger partial charge in [0.15, 0.2) is 5.96 Å². The Hall–Kier alpha value is -1.63. The Morgan fingerprint density at radius 3 is 2.53 bits per heavy atom. The SMILES string of the molecule is CN=C(N)NCCC[C@H](N)C(=O)NCC(C)=O. The molecule has 0 radical (unpaired) electrons. The van der Waals surface area contributed by atoms with Crippen LogP contribution >= 0.6 is 0 Å². The first kappa shape index (κ1) is 15.4. The lowest BCUT2D eigenvalue weighted by Gasteiger charge is -2.11. The van der Waals surface area contributed by atoms with E-state index in [-0.39, 0.29) is 18.2 Å². The van der Waals surface area contributed by atoms with Gasteiger partial charge >= 0.3 is 0 Å². The predicted octanol–water partition coefficient (Wildman–Crippen LogP) is -1.67. The second kappa shape index (κ2) is 8.51. The van der Waals surface area contributed by atoms with Crippen molar-refractivity contribution in [1.29, 1.82) is 0 Å². The molecule has 0 saturated carbocycles. The number of Topliss-reactive ketones (excluding diaryl/α,β-unsaturated/α-hetero) is 1. The summed E-state index contributed by atoms with van der Waals surface area (Å²) >= 11 is 0. The molecule has 7 heteroatoms. The van der Waals surface area contributed by atoms with Crippen LogP contribution in [0, 0.1) is 0 Å². The van der Waals surface area contributed by atoms with Gasteiger partial charge in [-0.15, -0.1) is 0 Å². The molecule has 0 saturated heterocycles. The Labute approximate surface area is 101 Å². The number of nitrogens with one attached hydrogen (secondary N) is 2. The molecule has 1 amide bonds. The lowest BCUT2D eigenvalue weighted by atomic mass is 10.1. The van der Waals surface area contributed by atoms with Crippen molar-refractivity contribution in [3.05, 3.63) is 0 Å². The topological polar surface area (TPSA) is 123 Å². The minimum atomic E-state index is -0.601. The number of hydrogen-bond donors (Lipinski definition) is 4. The molecular formula is C10H21N5O2. The Kier molecular flexibility index (Phi) is 7.70. The van der Waals surface area contributed by atoms with Crippen molar-refractivity contribution < 1.29 is 9.59 Å². The molecule has 0 spiro atoms. The third kappa shape index (κ3) is 8.21. The van der Waals surface area contributed by atoms with Gasteiger partial charge in [0.1, 0.15) is 5.78 Å². The van der Waals surface area contributed by atoms with Crippen LogP contribution in [0.5, 0.6) is 0 Å². The fourth-order valence-electron chi connectivity index (χ4n) is 1.09. The molecule has 0 rings (SSSR count). The Bertz CT molecular complexity index is 290. The normalized spacial score (nSPS) is 13.0. The number of rotatable bonds is 7. The first-order valence-electron chi connectivity index (χ1n) is 5.46. The van der Waals surface area contributed by atoms with E-state index in [1.807, 2.05) is 0 Å². The highest BCUT2D eigenvalue weighted by atomic mass is 16.2. The maximum atomic E-state index is 11.4. The monoisotopic (exact) mass is 243 g/mol. The molecule has 1 atom stereocenters. The molecule has 0 aliphatic carbocycles. The lowest BCUT2D eigenvalue weighted by molar-refractivity contribution is -0.125. The zero-order valence-corrected chi connectivity index (χ0v) is 10.3. The summed E-state index contributed by atoms with van der Waals surface area (Å²) in [7, 11) is 1.59. The first-order valence-corrected chi connectivity index (χ1v) is 5.46. The molecule has 0 unspecified atom stereocenters. The fourth-order valence-corrected chi connectivity index (χ4v) is 1.09. The fraction of sp³-hybridized carbons (Fsp3) is 0.700. The highest BCUT2D eigenvalue weighted by molar-refractivity contribution is 5.87. The van der Waals surface area contributed by atoms with Crippen LogP contribution in [0.3, 0.4) is 0 Å². The molecule has 0 heterocycles. The van der Waals surface area contributed by atoms with Gasteiger partial charge in [-0.1, -0.05) is 0 Å². The second-order valence-electron chi connectivity index (χ2n) is 3.70. The smallest absolute Gasteiger partial charge is 0.237 e. The minimum absolute atomic E-state index is 0.0280. The van der Waals surface area contributed by atoms with Gasteiger partial charge < -0.3 is 22.1 Å². The Morgan fingerprint density at radius 2 is 2.00 bits per heavy atom. The Morgan fingerprint density at radius 1 is 1.35 bits per heavy atom. The standard InChI is InChI=1S/C10H21N5O2/c1-7(16)6-15-9(17)8(11)4-3-5-14-10(12)13-2/h8H,3-6,11H2,1-2H3,(H,15,17)(H3,12,13,14)/t8-/m0/s1. The quantitative estimate of drug-likeness (QED) is 0.242. The van der Waals surface area contributed by atoms with Crippen LogP contribution in [0.2, 0.25) is 0 Å². The minimum Gasteiger partial charge on any atom is -0.370 e. The zero-order valence-electron chi connectivity index (χ0n) is 10.3. The molecule has 0 aromatic rings. The van der Waals surface area contributed by atoms with Crippen molar-refractivity contribution in [1.82, 2.24) is 10.6 Å². The van der Waals surface area contributed by atoms with Crippen molar-refractivity contribution in [2.24, 2.45) is 16.5 Å². The van der Waals surface area contributed by atoms with Crippen LogP contribution in [-0.2, 0) is 9.59 Å². The van der Waals surface area contributed by atoms with Gasteiger partial charge in [-0.3, -0.25) is 14.6 Å². The maximum absolute atomic E-state index is 11.4. The van der Waals surface area contributed by atoms with E-state index >= 15 is 0 Å². The average molecular weight is 243 g/mol. The molecule has 17 heavy (non-hydrogen) atoms. The van der Waals surface area contributed by atoms with E-state index in [0.29, 0.717) is 25.3 Å². The second-order valence-corrected chi connectivity index (χ2v) is 3.70. The number of nitrogens with zero attached hydrogens (tertiary/aromatic N) is 1. The summed E-state index contributed by atoms with van der Waals surface area (Å²) in [6, 6.07) is -0.601. The van der Waals surface area contributed by atoms with E-state index in [1.165, 1.54) is 6.92 Å². The van der Waals surface area contributed by atoms with E-state index in [9.17, 15) is 9.59 Å². The summed E-state index contributed by atoms with van der Waals surface area (Å²) in [4.78, 5) is 25.7. The van der Waals surface area contributed by atoms with Crippen molar-refractivity contribution in [2.75, 3.05) is 20.1 Å². The summed E-state index contributed by atoms with van der Waals surface area (Å²) in [5.41, 5.74) is 11.1. The van der Waals surface area contributed by atoms with E-state index < -0.39 is 6.04 Å². The number of nitrogens with two attached hydrogens (primary N) is 2. The molecular weight excluding hydrogens is 222 g/mol. The molecule has 0 aliphatic heterocycles. The van der Waals surface area contributed by atoms with Crippen LogP contribution in [0.1, 0.15) is 19.8 Å². The highest BCUT2D eigenvalue weighted by Crippen LogP contribution is 1.93.